The smallest absolute Gasteiger partial charge is 0.251 e. The first-order chi connectivity index (χ1) is 12.7. The molecule has 4 heteroatoms. The van der Waals surface area contributed by atoms with Gasteiger partial charge in [-0.1, -0.05) is 60.7 Å². The lowest BCUT2D eigenvalue weighted by Crippen LogP contribution is -2.26. The van der Waals surface area contributed by atoms with E-state index in [1.165, 1.54) is 5.56 Å². The largest absolute Gasteiger partial charge is 0.370 e. The number of benzene rings is 2. The maximum Gasteiger partial charge on any atom is 0.251 e. The van der Waals surface area contributed by atoms with Gasteiger partial charge in [0.25, 0.3) is 5.91 Å². The number of aromatic nitrogens is 1. The van der Waals surface area contributed by atoms with Crippen LogP contribution in [0.4, 0.5) is 5.82 Å². The lowest BCUT2D eigenvalue weighted by atomic mass is 10.1. The minimum atomic E-state index is -0.102. The number of anilines is 1. The summed E-state index contributed by atoms with van der Waals surface area (Å²) in [6.07, 6.45) is 2.57. The number of pyridine rings is 1. The molecule has 3 rings (SSSR count). The van der Waals surface area contributed by atoms with Crippen molar-refractivity contribution in [3.63, 3.8) is 0 Å². The van der Waals surface area contributed by atoms with Gasteiger partial charge in [0, 0.05) is 18.3 Å². The fourth-order valence-corrected chi connectivity index (χ4v) is 2.75. The summed E-state index contributed by atoms with van der Waals surface area (Å²) in [4.78, 5) is 16.8. The third-order valence-corrected chi connectivity index (χ3v) is 4.23. The molecule has 1 unspecified atom stereocenters. The van der Waals surface area contributed by atoms with Gasteiger partial charge in [-0.05, 0) is 36.6 Å². The standard InChI is InChI=1S/C22H23N3O/c1-17(19-10-6-3-7-11-19)25-22(26)20-13-15-24-21(16-20)23-14-12-18-8-4-2-5-9-18/h2-11,13,15-17H,12,14H2,1H3,(H,23,24)(H,25,26). The van der Waals surface area contributed by atoms with E-state index in [-0.39, 0.29) is 11.9 Å². The lowest BCUT2D eigenvalue weighted by Gasteiger charge is -2.14. The quantitative estimate of drug-likeness (QED) is 0.674. The molecule has 0 bridgehead atoms. The molecule has 0 fully saturated rings. The second kappa shape index (κ2) is 8.81. The predicted octanol–water partition coefficient (Wildman–Crippen LogP) is 4.23. The summed E-state index contributed by atoms with van der Waals surface area (Å²) in [5.41, 5.74) is 2.95. The maximum atomic E-state index is 12.5. The van der Waals surface area contributed by atoms with E-state index in [1.54, 1.807) is 18.3 Å². The molecule has 0 saturated heterocycles. The number of hydrogen-bond acceptors (Lipinski definition) is 3. The van der Waals surface area contributed by atoms with Crippen molar-refractivity contribution >= 4 is 11.7 Å². The summed E-state index contributed by atoms with van der Waals surface area (Å²) in [6.45, 7) is 2.75. The van der Waals surface area contributed by atoms with Crippen molar-refractivity contribution in [2.75, 3.05) is 11.9 Å². The monoisotopic (exact) mass is 345 g/mol. The summed E-state index contributed by atoms with van der Waals surface area (Å²) in [5, 5.41) is 6.31. The van der Waals surface area contributed by atoms with Crippen molar-refractivity contribution in [3.8, 4) is 0 Å². The molecule has 0 aliphatic heterocycles. The number of amides is 1. The van der Waals surface area contributed by atoms with Crippen molar-refractivity contribution in [3.05, 3.63) is 95.7 Å². The SMILES string of the molecule is CC(NC(=O)c1ccnc(NCCc2ccccc2)c1)c1ccccc1. The Labute approximate surface area is 154 Å². The van der Waals surface area contributed by atoms with Crippen LogP contribution in [0.15, 0.2) is 79.0 Å². The minimum absolute atomic E-state index is 0.0497. The molecular formula is C22H23N3O. The highest BCUT2D eigenvalue weighted by Crippen LogP contribution is 2.13. The van der Waals surface area contributed by atoms with Gasteiger partial charge in [-0.3, -0.25) is 4.79 Å². The van der Waals surface area contributed by atoms with E-state index < -0.39 is 0 Å². The summed E-state index contributed by atoms with van der Waals surface area (Å²) >= 11 is 0. The van der Waals surface area contributed by atoms with E-state index in [9.17, 15) is 4.79 Å². The fourth-order valence-electron chi connectivity index (χ4n) is 2.75. The third kappa shape index (κ3) is 4.93. The average Bonchev–Trinajstić information content (AvgIpc) is 2.69. The van der Waals surface area contributed by atoms with Gasteiger partial charge in [0.05, 0.1) is 6.04 Å². The highest BCUT2D eigenvalue weighted by atomic mass is 16.1. The van der Waals surface area contributed by atoms with Crippen molar-refractivity contribution in [2.24, 2.45) is 0 Å². The van der Waals surface area contributed by atoms with Crippen LogP contribution in [0, 0.1) is 0 Å². The topological polar surface area (TPSA) is 54.0 Å². The Kier molecular flexibility index (Phi) is 5.99. The van der Waals surface area contributed by atoms with Crippen LogP contribution in [0.2, 0.25) is 0 Å². The van der Waals surface area contributed by atoms with Gasteiger partial charge < -0.3 is 10.6 Å². The Morgan fingerprint density at radius 2 is 1.69 bits per heavy atom. The van der Waals surface area contributed by atoms with Crippen LogP contribution in [0.5, 0.6) is 0 Å². The van der Waals surface area contributed by atoms with Gasteiger partial charge in [-0.15, -0.1) is 0 Å². The molecule has 26 heavy (non-hydrogen) atoms. The van der Waals surface area contributed by atoms with Crippen molar-refractivity contribution in [2.45, 2.75) is 19.4 Å². The molecule has 0 aliphatic rings. The van der Waals surface area contributed by atoms with Crippen molar-refractivity contribution < 1.29 is 4.79 Å². The zero-order valence-electron chi connectivity index (χ0n) is 14.9. The molecule has 3 aromatic rings. The lowest BCUT2D eigenvalue weighted by molar-refractivity contribution is 0.0940. The normalized spacial score (nSPS) is 11.6. The van der Waals surface area contributed by atoms with Crippen molar-refractivity contribution in [1.29, 1.82) is 0 Å². The van der Waals surface area contributed by atoms with Crippen LogP contribution in [0.1, 0.15) is 34.5 Å². The molecule has 0 spiro atoms. The van der Waals surface area contributed by atoms with Gasteiger partial charge in [0.15, 0.2) is 0 Å². The first-order valence-electron chi connectivity index (χ1n) is 8.82. The minimum Gasteiger partial charge on any atom is -0.370 e. The Balaban J connectivity index is 1.57. The number of carbonyl (C=O) groups is 1. The van der Waals surface area contributed by atoms with E-state index in [2.05, 4.69) is 27.8 Å². The number of carbonyl (C=O) groups excluding carboxylic acids is 1. The molecule has 1 heterocycles. The zero-order valence-corrected chi connectivity index (χ0v) is 14.9. The molecule has 0 saturated carbocycles. The predicted molar refractivity (Wildman–Crippen MR) is 105 cm³/mol. The van der Waals surface area contributed by atoms with Crippen LogP contribution in [0.3, 0.4) is 0 Å². The maximum absolute atomic E-state index is 12.5. The zero-order chi connectivity index (χ0) is 18.2. The Morgan fingerprint density at radius 3 is 2.42 bits per heavy atom. The van der Waals surface area contributed by atoms with Crippen LogP contribution in [0.25, 0.3) is 0 Å². The van der Waals surface area contributed by atoms with E-state index in [0.29, 0.717) is 11.4 Å². The summed E-state index contributed by atoms with van der Waals surface area (Å²) in [7, 11) is 0. The molecular weight excluding hydrogens is 322 g/mol. The van der Waals surface area contributed by atoms with Gasteiger partial charge in [-0.2, -0.15) is 0 Å². The van der Waals surface area contributed by atoms with Gasteiger partial charge in [0.2, 0.25) is 0 Å². The van der Waals surface area contributed by atoms with Gasteiger partial charge in [0.1, 0.15) is 5.82 Å². The second-order valence-electron chi connectivity index (χ2n) is 6.20. The Bertz CT molecular complexity index is 834. The molecule has 4 nitrogen and oxygen atoms in total. The highest BCUT2D eigenvalue weighted by Gasteiger charge is 2.11. The van der Waals surface area contributed by atoms with Gasteiger partial charge >= 0.3 is 0 Å². The number of nitrogens with zero attached hydrogens (tertiary/aromatic N) is 1. The molecule has 2 aromatic carbocycles. The highest BCUT2D eigenvalue weighted by molar-refractivity contribution is 5.95. The van der Waals surface area contributed by atoms with Crippen molar-refractivity contribution in [1.82, 2.24) is 10.3 Å². The first kappa shape index (κ1) is 17.7. The average molecular weight is 345 g/mol. The molecule has 0 aliphatic carbocycles. The first-order valence-corrected chi connectivity index (χ1v) is 8.82. The third-order valence-electron chi connectivity index (χ3n) is 4.23. The van der Waals surface area contributed by atoms with Gasteiger partial charge in [-0.25, -0.2) is 4.98 Å². The van der Waals surface area contributed by atoms with E-state index in [4.69, 9.17) is 0 Å². The van der Waals surface area contributed by atoms with Crippen LogP contribution >= 0.6 is 0 Å². The van der Waals surface area contributed by atoms with E-state index >= 15 is 0 Å². The summed E-state index contributed by atoms with van der Waals surface area (Å²) < 4.78 is 0. The van der Waals surface area contributed by atoms with Crippen LogP contribution in [-0.4, -0.2) is 17.4 Å². The molecule has 1 amide bonds. The molecule has 132 valence electrons. The summed E-state index contributed by atoms with van der Waals surface area (Å²) in [5.74, 6) is 0.607. The van der Waals surface area contributed by atoms with Crippen LogP contribution < -0.4 is 10.6 Å². The Morgan fingerprint density at radius 1 is 1.00 bits per heavy atom. The number of hydrogen-bond donors (Lipinski definition) is 2. The molecule has 0 radical (unpaired) electrons. The number of rotatable bonds is 7. The molecule has 2 N–H and O–H groups in total. The van der Waals surface area contributed by atoms with Crippen LogP contribution in [-0.2, 0) is 6.42 Å². The Hall–Kier alpha value is -3.14. The number of nitrogens with one attached hydrogen (secondary N) is 2. The molecule has 1 aromatic heterocycles. The fraction of sp³-hybridized carbons (Fsp3) is 0.182. The van der Waals surface area contributed by atoms with E-state index in [1.807, 2.05) is 55.5 Å². The second-order valence-corrected chi connectivity index (χ2v) is 6.20. The molecule has 1 atom stereocenters. The van der Waals surface area contributed by atoms with E-state index in [0.717, 1.165) is 18.5 Å². The summed E-state index contributed by atoms with van der Waals surface area (Å²) in [6, 6.07) is 23.7.